The van der Waals surface area contributed by atoms with Crippen molar-refractivity contribution >= 4 is 11.8 Å². The van der Waals surface area contributed by atoms with Gasteiger partial charge in [-0.25, -0.2) is 9.97 Å². The topological polar surface area (TPSA) is 66.4 Å². The molecule has 1 aromatic rings. The predicted octanol–water partition coefficient (Wildman–Crippen LogP) is 1.26. The zero-order chi connectivity index (χ0) is 15.7. The van der Waals surface area contributed by atoms with E-state index in [2.05, 4.69) is 9.97 Å². The number of aryl methyl sites for hydroxylation is 1. The molecule has 0 aromatic carbocycles. The van der Waals surface area contributed by atoms with Crippen LogP contribution in [0.5, 0.6) is 0 Å². The molecule has 1 aromatic heterocycles. The van der Waals surface area contributed by atoms with E-state index in [1.54, 1.807) is 6.20 Å². The van der Waals surface area contributed by atoms with Crippen LogP contribution in [-0.2, 0) is 4.79 Å². The Balaban J connectivity index is 1.75. The van der Waals surface area contributed by atoms with E-state index in [-0.39, 0.29) is 17.9 Å². The van der Waals surface area contributed by atoms with Gasteiger partial charge in [-0.05, 0) is 32.1 Å². The van der Waals surface area contributed by atoms with Crippen LogP contribution in [0.4, 0.5) is 0 Å². The van der Waals surface area contributed by atoms with Crippen LogP contribution in [0.3, 0.4) is 0 Å². The van der Waals surface area contributed by atoms with Crippen molar-refractivity contribution in [3.8, 4) is 0 Å². The maximum absolute atomic E-state index is 12.7. The Labute approximate surface area is 130 Å². The van der Waals surface area contributed by atoms with Crippen molar-refractivity contribution in [1.82, 2.24) is 19.8 Å². The summed E-state index contributed by atoms with van der Waals surface area (Å²) in [4.78, 5) is 36.5. The minimum Gasteiger partial charge on any atom is -0.342 e. The van der Waals surface area contributed by atoms with Crippen LogP contribution in [0, 0.1) is 12.8 Å². The Morgan fingerprint density at radius 3 is 2.95 bits per heavy atom. The summed E-state index contributed by atoms with van der Waals surface area (Å²) in [6.07, 6.45) is 6.47. The average Bonchev–Trinajstić information content (AvgIpc) is 2.66. The van der Waals surface area contributed by atoms with E-state index in [0.717, 1.165) is 31.5 Å². The van der Waals surface area contributed by atoms with Gasteiger partial charge in [0.25, 0.3) is 5.91 Å². The van der Waals surface area contributed by atoms with E-state index in [9.17, 15) is 9.59 Å². The van der Waals surface area contributed by atoms with Gasteiger partial charge in [-0.2, -0.15) is 0 Å². The summed E-state index contributed by atoms with van der Waals surface area (Å²) in [5.74, 6) is 0.619. The summed E-state index contributed by atoms with van der Waals surface area (Å²) in [6, 6.07) is 0.271. The van der Waals surface area contributed by atoms with Crippen molar-refractivity contribution < 1.29 is 9.59 Å². The zero-order valence-corrected chi connectivity index (χ0v) is 13.2. The number of carbonyl (C=O) groups is 2. The molecule has 22 heavy (non-hydrogen) atoms. The first-order valence-electron chi connectivity index (χ1n) is 7.89. The summed E-state index contributed by atoms with van der Waals surface area (Å²) < 4.78 is 0. The van der Waals surface area contributed by atoms with Crippen molar-refractivity contribution in [3.05, 3.63) is 23.8 Å². The van der Waals surface area contributed by atoms with E-state index in [0.29, 0.717) is 24.4 Å². The smallest absolute Gasteiger partial charge is 0.257 e. The Bertz CT molecular complexity index is 589. The number of likely N-dealkylation sites (tertiary alicyclic amines) is 2. The summed E-state index contributed by atoms with van der Waals surface area (Å²) in [7, 11) is 1.90. The number of piperidine rings is 1. The number of fused-ring (bicyclic) bond motifs is 1. The van der Waals surface area contributed by atoms with Crippen LogP contribution in [0.25, 0.3) is 0 Å². The molecule has 2 aliphatic heterocycles. The molecule has 2 aliphatic rings. The van der Waals surface area contributed by atoms with Gasteiger partial charge in [-0.1, -0.05) is 0 Å². The number of rotatable bonds is 1. The fourth-order valence-corrected chi connectivity index (χ4v) is 3.65. The largest absolute Gasteiger partial charge is 0.342 e. The quantitative estimate of drug-likeness (QED) is 0.783. The average molecular weight is 302 g/mol. The highest BCUT2D eigenvalue weighted by Gasteiger charge is 2.37. The first-order valence-corrected chi connectivity index (χ1v) is 7.89. The minimum atomic E-state index is 0.00905. The Morgan fingerprint density at radius 1 is 1.36 bits per heavy atom. The second-order valence-corrected chi connectivity index (χ2v) is 6.29. The molecule has 0 unspecified atom stereocenters. The van der Waals surface area contributed by atoms with Gasteiger partial charge in [-0.15, -0.1) is 0 Å². The van der Waals surface area contributed by atoms with E-state index in [4.69, 9.17) is 0 Å². The molecule has 0 bridgehead atoms. The van der Waals surface area contributed by atoms with Gasteiger partial charge in [-0.3, -0.25) is 9.59 Å². The first kappa shape index (κ1) is 14.9. The highest BCUT2D eigenvalue weighted by Crippen LogP contribution is 2.30. The third kappa shape index (κ3) is 2.69. The molecule has 0 N–H and O–H groups in total. The zero-order valence-electron chi connectivity index (χ0n) is 13.2. The number of amides is 2. The third-order valence-electron chi connectivity index (χ3n) is 4.98. The molecule has 3 heterocycles. The SMILES string of the molecule is Cc1ncncc1C(=O)N1CC[C@@H]2[C@@H](CCCC(=O)N2C)C1. The third-order valence-corrected chi connectivity index (χ3v) is 4.98. The van der Waals surface area contributed by atoms with Gasteiger partial charge >= 0.3 is 0 Å². The molecular weight excluding hydrogens is 280 g/mol. The summed E-state index contributed by atoms with van der Waals surface area (Å²) in [5.41, 5.74) is 1.30. The Kier molecular flexibility index (Phi) is 4.09. The Morgan fingerprint density at radius 2 is 2.18 bits per heavy atom. The van der Waals surface area contributed by atoms with E-state index >= 15 is 0 Å². The molecule has 0 spiro atoms. The summed E-state index contributed by atoms with van der Waals surface area (Å²) in [5, 5.41) is 0. The lowest BCUT2D eigenvalue weighted by Gasteiger charge is -2.41. The van der Waals surface area contributed by atoms with Gasteiger partial charge in [0.2, 0.25) is 5.91 Å². The van der Waals surface area contributed by atoms with Crippen LogP contribution in [0.15, 0.2) is 12.5 Å². The molecule has 6 heteroatoms. The van der Waals surface area contributed by atoms with Crippen molar-refractivity contribution in [2.75, 3.05) is 20.1 Å². The van der Waals surface area contributed by atoms with Gasteiger partial charge in [0.15, 0.2) is 0 Å². The summed E-state index contributed by atoms with van der Waals surface area (Å²) in [6.45, 7) is 3.24. The monoisotopic (exact) mass is 302 g/mol. The van der Waals surface area contributed by atoms with E-state index in [1.807, 2.05) is 23.8 Å². The van der Waals surface area contributed by atoms with E-state index < -0.39 is 0 Å². The number of carbonyl (C=O) groups excluding carboxylic acids is 2. The predicted molar refractivity (Wildman–Crippen MR) is 81.2 cm³/mol. The highest BCUT2D eigenvalue weighted by atomic mass is 16.2. The van der Waals surface area contributed by atoms with Crippen LogP contribution in [0.1, 0.15) is 41.7 Å². The van der Waals surface area contributed by atoms with Crippen LogP contribution >= 0.6 is 0 Å². The van der Waals surface area contributed by atoms with Crippen molar-refractivity contribution in [2.24, 2.45) is 5.92 Å². The standard InChI is InChI=1S/C16H22N4O2/c1-11-13(8-17-10-18-11)16(22)20-7-6-14-12(9-20)4-3-5-15(21)19(14)2/h8,10,12,14H,3-7,9H2,1-2H3/t12-,14+/m0/s1. The lowest BCUT2D eigenvalue weighted by atomic mass is 9.88. The lowest BCUT2D eigenvalue weighted by molar-refractivity contribution is -0.132. The number of hydrogen-bond acceptors (Lipinski definition) is 4. The fourth-order valence-electron chi connectivity index (χ4n) is 3.65. The molecule has 2 fully saturated rings. The Hall–Kier alpha value is -1.98. The molecule has 2 amide bonds. The summed E-state index contributed by atoms with van der Waals surface area (Å²) >= 11 is 0. The van der Waals surface area contributed by atoms with Crippen LogP contribution in [0.2, 0.25) is 0 Å². The van der Waals surface area contributed by atoms with Crippen molar-refractivity contribution in [1.29, 1.82) is 0 Å². The molecule has 118 valence electrons. The number of nitrogens with zero attached hydrogens (tertiary/aromatic N) is 4. The normalized spacial score (nSPS) is 25.6. The molecule has 0 aliphatic carbocycles. The molecular formula is C16H22N4O2. The van der Waals surface area contributed by atoms with Crippen molar-refractivity contribution in [2.45, 2.75) is 38.6 Å². The van der Waals surface area contributed by atoms with Gasteiger partial charge in [0.1, 0.15) is 6.33 Å². The van der Waals surface area contributed by atoms with Crippen LogP contribution in [-0.4, -0.2) is 57.8 Å². The van der Waals surface area contributed by atoms with E-state index in [1.165, 1.54) is 6.33 Å². The molecule has 0 saturated carbocycles. The lowest BCUT2D eigenvalue weighted by Crippen LogP contribution is -2.51. The first-order chi connectivity index (χ1) is 10.6. The highest BCUT2D eigenvalue weighted by molar-refractivity contribution is 5.95. The second-order valence-electron chi connectivity index (χ2n) is 6.29. The van der Waals surface area contributed by atoms with Crippen molar-refractivity contribution in [3.63, 3.8) is 0 Å². The van der Waals surface area contributed by atoms with Gasteiger partial charge in [0, 0.05) is 38.8 Å². The van der Waals surface area contributed by atoms with Gasteiger partial charge < -0.3 is 9.80 Å². The second kappa shape index (κ2) is 6.02. The molecule has 2 atom stereocenters. The molecule has 0 radical (unpaired) electrons. The van der Waals surface area contributed by atoms with Gasteiger partial charge in [0.05, 0.1) is 11.3 Å². The van der Waals surface area contributed by atoms with Crippen LogP contribution < -0.4 is 0 Å². The maximum Gasteiger partial charge on any atom is 0.257 e. The fraction of sp³-hybridized carbons (Fsp3) is 0.625. The number of hydrogen-bond donors (Lipinski definition) is 0. The molecule has 3 rings (SSSR count). The number of aromatic nitrogens is 2. The minimum absolute atomic E-state index is 0.00905. The maximum atomic E-state index is 12.7. The molecule has 6 nitrogen and oxygen atoms in total. The molecule has 2 saturated heterocycles.